The molecule has 0 aromatic heterocycles. The number of nitrogens with zero attached hydrogens (tertiary/aromatic N) is 1. The summed E-state index contributed by atoms with van der Waals surface area (Å²) >= 11 is 0. The van der Waals surface area contributed by atoms with Gasteiger partial charge < -0.3 is 9.84 Å². The van der Waals surface area contributed by atoms with Crippen molar-refractivity contribution in [1.29, 1.82) is 0 Å². The van der Waals surface area contributed by atoms with Gasteiger partial charge in [-0.1, -0.05) is 6.07 Å². The quantitative estimate of drug-likeness (QED) is 0.857. The Hall–Kier alpha value is -1.44. The molecule has 1 N–H and O–H groups in total. The first-order chi connectivity index (χ1) is 9.23. The van der Waals surface area contributed by atoms with Crippen molar-refractivity contribution >= 4 is 16.0 Å². The predicted octanol–water partition coefficient (Wildman–Crippen LogP) is 1.35. The summed E-state index contributed by atoms with van der Waals surface area (Å²) in [5.41, 5.74) is 0.218. The van der Waals surface area contributed by atoms with Crippen LogP contribution in [0.15, 0.2) is 23.1 Å². The van der Waals surface area contributed by atoms with Crippen LogP contribution in [0.3, 0.4) is 0 Å². The third kappa shape index (κ3) is 3.17. The fraction of sp³-hybridized carbons (Fsp3) is 0.462. The van der Waals surface area contributed by atoms with Crippen LogP contribution in [-0.4, -0.2) is 50.6 Å². The third-order valence-electron chi connectivity index (χ3n) is 3.20. The first kappa shape index (κ1) is 16.6. The second-order valence-corrected chi connectivity index (χ2v) is 6.53. The lowest BCUT2D eigenvalue weighted by atomic mass is 10.1. The van der Waals surface area contributed by atoms with Crippen LogP contribution in [0.2, 0.25) is 0 Å². The first-order valence-corrected chi connectivity index (χ1v) is 7.47. The van der Waals surface area contributed by atoms with Crippen LogP contribution >= 0.6 is 0 Å². The number of likely N-dealkylation sites (N-methyl/N-ethyl adjacent to an activating group) is 1. The largest absolute Gasteiger partial charge is 0.478 e. The number of hydrogen-bond acceptors (Lipinski definition) is 4. The van der Waals surface area contributed by atoms with Crippen molar-refractivity contribution in [2.75, 3.05) is 20.8 Å². The number of hydrogen-bond donors (Lipinski definition) is 1. The molecule has 0 amide bonds. The molecule has 0 saturated heterocycles. The van der Waals surface area contributed by atoms with Crippen molar-refractivity contribution < 1.29 is 23.1 Å². The number of benzene rings is 1. The number of carboxylic acid groups (broad SMARTS) is 1. The van der Waals surface area contributed by atoms with Gasteiger partial charge in [0.2, 0.25) is 10.0 Å². The van der Waals surface area contributed by atoms with Crippen molar-refractivity contribution in [2.24, 2.45) is 0 Å². The number of aromatic carboxylic acids is 1. The Kier molecular flexibility index (Phi) is 5.27. The van der Waals surface area contributed by atoms with E-state index in [9.17, 15) is 13.2 Å². The van der Waals surface area contributed by atoms with Gasteiger partial charge in [-0.15, -0.1) is 0 Å². The average molecular weight is 301 g/mol. The third-order valence-corrected chi connectivity index (χ3v) is 5.32. The first-order valence-electron chi connectivity index (χ1n) is 6.03. The molecule has 0 fully saturated rings. The van der Waals surface area contributed by atoms with E-state index in [0.717, 1.165) is 0 Å². The van der Waals surface area contributed by atoms with Crippen LogP contribution in [0.25, 0.3) is 0 Å². The van der Waals surface area contributed by atoms with Crippen LogP contribution in [-0.2, 0) is 14.8 Å². The number of carbonyl (C=O) groups is 1. The van der Waals surface area contributed by atoms with E-state index >= 15 is 0 Å². The van der Waals surface area contributed by atoms with Gasteiger partial charge in [0.25, 0.3) is 0 Å². The Morgan fingerprint density at radius 2 is 2.05 bits per heavy atom. The van der Waals surface area contributed by atoms with E-state index in [1.54, 1.807) is 6.92 Å². The molecular formula is C13H19NO5S. The highest BCUT2D eigenvalue weighted by molar-refractivity contribution is 7.89. The molecule has 0 radical (unpaired) electrons. The minimum absolute atomic E-state index is 0.00264. The molecule has 0 aliphatic carbocycles. The van der Waals surface area contributed by atoms with E-state index in [2.05, 4.69) is 0 Å². The zero-order valence-corrected chi connectivity index (χ0v) is 12.8. The highest BCUT2D eigenvalue weighted by Crippen LogP contribution is 2.23. The normalized spacial score (nSPS) is 13.4. The van der Waals surface area contributed by atoms with Crippen LogP contribution < -0.4 is 0 Å². The summed E-state index contributed by atoms with van der Waals surface area (Å²) in [4.78, 5) is 11.1. The van der Waals surface area contributed by atoms with Gasteiger partial charge in [0, 0.05) is 20.2 Å². The Morgan fingerprint density at radius 3 is 2.55 bits per heavy atom. The summed E-state index contributed by atoms with van der Waals surface area (Å²) < 4.78 is 31.2. The maximum Gasteiger partial charge on any atom is 0.335 e. The molecule has 0 aliphatic rings. The Labute approximate surface area is 119 Å². The summed E-state index contributed by atoms with van der Waals surface area (Å²) in [6, 6.07) is 3.87. The summed E-state index contributed by atoms with van der Waals surface area (Å²) in [6.45, 7) is 3.47. The number of sulfonamides is 1. The highest BCUT2D eigenvalue weighted by atomic mass is 32.2. The topological polar surface area (TPSA) is 83.9 Å². The molecule has 0 aliphatic heterocycles. The number of rotatable bonds is 6. The summed E-state index contributed by atoms with van der Waals surface area (Å²) in [7, 11) is -0.813. The van der Waals surface area contributed by atoms with Crippen LogP contribution in [0.1, 0.15) is 22.8 Å². The van der Waals surface area contributed by atoms with Crippen molar-refractivity contribution in [3.05, 3.63) is 29.3 Å². The van der Waals surface area contributed by atoms with Crippen molar-refractivity contribution in [1.82, 2.24) is 4.31 Å². The van der Waals surface area contributed by atoms with Gasteiger partial charge in [-0.25, -0.2) is 13.2 Å². The van der Waals surface area contributed by atoms with Crippen LogP contribution in [0, 0.1) is 6.92 Å². The molecule has 112 valence electrons. The minimum atomic E-state index is -3.76. The van der Waals surface area contributed by atoms with Gasteiger partial charge in [-0.2, -0.15) is 4.31 Å². The zero-order chi connectivity index (χ0) is 15.5. The van der Waals surface area contributed by atoms with Gasteiger partial charge in [-0.3, -0.25) is 0 Å². The molecule has 0 saturated carbocycles. The number of methoxy groups -OCH3 is 1. The van der Waals surface area contributed by atoms with E-state index in [0.29, 0.717) is 0 Å². The van der Waals surface area contributed by atoms with Crippen molar-refractivity contribution in [3.8, 4) is 0 Å². The lowest BCUT2D eigenvalue weighted by Gasteiger charge is -2.24. The van der Waals surface area contributed by atoms with E-state index in [1.807, 2.05) is 0 Å². The monoisotopic (exact) mass is 301 g/mol. The molecule has 1 aromatic carbocycles. The van der Waals surface area contributed by atoms with Gasteiger partial charge >= 0.3 is 5.97 Å². The Morgan fingerprint density at radius 1 is 1.45 bits per heavy atom. The molecule has 1 unspecified atom stereocenters. The predicted molar refractivity (Wildman–Crippen MR) is 74.4 cm³/mol. The SMILES string of the molecule is COCC(C)N(C)S(=O)(=O)c1cccc(C(=O)O)c1C. The van der Waals surface area contributed by atoms with E-state index in [4.69, 9.17) is 9.84 Å². The van der Waals surface area contributed by atoms with Crippen LogP contribution in [0.4, 0.5) is 0 Å². The molecule has 6 nitrogen and oxygen atoms in total. The molecule has 20 heavy (non-hydrogen) atoms. The molecule has 1 rings (SSSR count). The van der Waals surface area contributed by atoms with E-state index in [1.165, 1.54) is 43.6 Å². The lowest BCUT2D eigenvalue weighted by Crippen LogP contribution is -2.38. The number of ether oxygens (including phenoxy) is 1. The average Bonchev–Trinajstić information content (AvgIpc) is 2.37. The molecular weight excluding hydrogens is 282 g/mol. The smallest absolute Gasteiger partial charge is 0.335 e. The molecule has 0 heterocycles. The van der Waals surface area contributed by atoms with Gasteiger partial charge in [0.1, 0.15) is 0 Å². The van der Waals surface area contributed by atoms with Crippen molar-refractivity contribution in [2.45, 2.75) is 24.8 Å². The number of carboxylic acids is 1. The summed E-state index contributed by atoms with van der Waals surface area (Å²) in [5, 5.41) is 9.06. The zero-order valence-electron chi connectivity index (χ0n) is 12.0. The fourth-order valence-corrected chi connectivity index (χ4v) is 3.46. The Bertz CT molecular complexity index is 597. The minimum Gasteiger partial charge on any atom is -0.478 e. The van der Waals surface area contributed by atoms with E-state index < -0.39 is 16.0 Å². The Balaban J connectivity index is 3.29. The molecule has 1 atom stereocenters. The maximum absolute atomic E-state index is 12.5. The summed E-state index contributed by atoms with van der Waals surface area (Å²) in [5.74, 6) is -1.15. The van der Waals surface area contributed by atoms with Crippen molar-refractivity contribution in [3.63, 3.8) is 0 Å². The molecule has 1 aromatic rings. The van der Waals surface area contributed by atoms with Gasteiger partial charge in [-0.05, 0) is 31.5 Å². The standard InChI is InChI=1S/C13H19NO5S/c1-9(8-19-4)14(3)20(17,18)12-7-5-6-11(10(12)2)13(15)16/h5-7,9H,8H2,1-4H3,(H,15,16). The lowest BCUT2D eigenvalue weighted by molar-refractivity contribution is 0.0696. The summed E-state index contributed by atoms with van der Waals surface area (Å²) in [6.07, 6.45) is 0. The molecule has 0 spiro atoms. The second kappa shape index (κ2) is 6.34. The van der Waals surface area contributed by atoms with Gasteiger partial charge in [0.15, 0.2) is 0 Å². The fourth-order valence-electron chi connectivity index (χ4n) is 1.86. The highest BCUT2D eigenvalue weighted by Gasteiger charge is 2.28. The maximum atomic E-state index is 12.5. The second-order valence-electron chi connectivity index (χ2n) is 4.56. The van der Waals surface area contributed by atoms with Crippen LogP contribution in [0.5, 0.6) is 0 Å². The molecule has 7 heteroatoms. The van der Waals surface area contributed by atoms with E-state index in [-0.39, 0.29) is 28.7 Å². The van der Waals surface area contributed by atoms with Gasteiger partial charge in [0.05, 0.1) is 17.1 Å². The molecule has 0 bridgehead atoms.